The first kappa shape index (κ1) is 32.7. The van der Waals surface area contributed by atoms with Crippen LogP contribution in [-0.4, -0.2) is 48.1 Å². The van der Waals surface area contributed by atoms with Crippen LogP contribution >= 0.6 is 0 Å². The number of carbonyl (C=O) groups is 3. The molecular formula is C35H41N3O5. The van der Waals surface area contributed by atoms with E-state index in [1.165, 1.54) is 4.90 Å². The van der Waals surface area contributed by atoms with Crippen LogP contribution in [0.1, 0.15) is 63.3 Å². The molecule has 0 spiro atoms. The molecule has 3 aromatic carbocycles. The summed E-state index contributed by atoms with van der Waals surface area (Å²) in [4.78, 5) is 43.1. The number of rotatable bonds is 12. The number of carbonyl (C=O) groups excluding carboxylic acids is 3. The Morgan fingerprint density at radius 2 is 1.60 bits per heavy atom. The van der Waals surface area contributed by atoms with Crippen LogP contribution in [0.4, 0.5) is 10.5 Å². The lowest BCUT2D eigenvalue weighted by Crippen LogP contribution is -2.53. The Kier molecular flexibility index (Phi) is 11.8. The van der Waals surface area contributed by atoms with Gasteiger partial charge >= 0.3 is 6.09 Å². The molecule has 0 radical (unpaired) electrons. The third-order valence-corrected chi connectivity index (χ3v) is 6.64. The number of nitrogens with one attached hydrogen (secondary N) is 2. The minimum absolute atomic E-state index is 0.200. The maximum atomic E-state index is 14.5. The van der Waals surface area contributed by atoms with Crippen LogP contribution < -0.4 is 15.4 Å². The van der Waals surface area contributed by atoms with Crippen molar-refractivity contribution in [1.29, 1.82) is 0 Å². The summed E-state index contributed by atoms with van der Waals surface area (Å²) in [5.41, 5.74) is 1.61. The molecule has 2 unspecified atom stereocenters. The monoisotopic (exact) mass is 583 g/mol. The maximum absolute atomic E-state index is 14.5. The zero-order valence-corrected chi connectivity index (χ0v) is 25.6. The fraction of sp³-hybridized carbons (Fsp3) is 0.343. The second-order valence-corrected chi connectivity index (χ2v) is 11.1. The van der Waals surface area contributed by atoms with Crippen molar-refractivity contribution < 1.29 is 23.9 Å². The number of hydrogen-bond acceptors (Lipinski definition) is 5. The van der Waals surface area contributed by atoms with Gasteiger partial charge in [0.05, 0.1) is 7.11 Å². The zero-order chi connectivity index (χ0) is 31.4. The van der Waals surface area contributed by atoms with Crippen LogP contribution in [0.15, 0.2) is 78.9 Å². The largest absolute Gasteiger partial charge is 0.497 e. The number of ether oxygens (including phenoxy) is 2. The van der Waals surface area contributed by atoms with E-state index in [0.29, 0.717) is 29.0 Å². The molecule has 2 atom stereocenters. The van der Waals surface area contributed by atoms with E-state index >= 15 is 0 Å². The first-order valence-electron chi connectivity index (χ1n) is 14.4. The molecule has 0 saturated heterocycles. The fourth-order valence-electron chi connectivity index (χ4n) is 4.60. The number of methoxy groups -OCH3 is 1. The SMILES string of the molecule is C#Cc1ccccc1C(C(=O)Nc1ccc(OC)cc1)N(CCCC)C(=O)C(Cc1ccccc1)NC(=O)OC(C)(C)C. The molecule has 0 bridgehead atoms. The van der Waals surface area contributed by atoms with Crippen molar-refractivity contribution in [2.75, 3.05) is 19.0 Å². The fourth-order valence-corrected chi connectivity index (χ4v) is 4.60. The van der Waals surface area contributed by atoms with Crippen LogP contribution in [0.5, 0.6) is 5.75 Å². The van der Waals surface area contributed by atoms with Gasteiger partial charge in [-0.05, 0) is 68.7 Å². The van der Waals surface area contributed by atoms with Crippen molar-refractivity contribution in [2.45, 2.75) is 64.6 Å². The smallest absolute Gasteiger partial charge is 0.408 e. The molecule has 3 rings (SSSR count). The molecule has 2 N–H and O–H groups in total. The van der Waals surface area contributed by atoms with Gasteiger partial charge in [-0.1, -0.05) is 67.8 Å². The number of anilines is 1. The summed E-state index contributed by atoms with van der Waals surface area (Å²) in [6, 6.07) is 21.3. The van der Waals surface area contributed by atoms with Crippen molar-refractivity contribution in [3.05, 3.63) is 95.6 Å². The number of alkyl carbamates (subject to hydrolysis) is 1. The molecule has 0 aliphatic rings. The lowest BCUT2D eigenvalue weighted by molar-refractivity contribution is -0.140. The van der Waals surface area contributed by atoms with Crippen molar-refractivity contribution in [3.8, 4) is 18.1 Å². The van der Waals surface area contributed by atoms with Crippen molar-refractivity contribution in [1.82, 2.24) is 10.2 Å². The number of amides is 3. The Bertz CT molecular complexity index is 1410. The van der Waals surface area contributed by atoms with Gasteiger partial charge in [-0.3, -0.25) is 9.59 Å². The quantitative estimate of drug-likeness (QED) is 0.251. The van der Waals surface area contributed by atoms with E-state index in [1.807, 2.05) is 37.3 Å². The van der Waals surface area contributed by atoms with Crippen molar-refractivity contribution in [2.24, 2.45) is 0 Å². The number of benzene rings is 3. The van der Waals surface area contributed by atoms with Gasteiger partial charge in [0.25, 0.3) is 5.91 Å². The number of unbranched alkanes of at least 4 members (excludes halogenated alkanes) is 1. The topological polar surface area (TPSA) is 97.0 Å². The lowest BCUT2D eigenvalue weighted by Gasteiger charge is -2.35. The number of nitrogens with zero attached hydrogens (tertiary/aromatic N) is 1. The third kappa shape index (κ3) is 9.64. The average Bonchev–Trinajstić information content (AvgIpc) is 2.98. The van der Waals surface area contributed by atoms with Gasteiger partial charge in [-0.25, -0.2) is 4.79 Å². The highest BCUT2D eigenvalue weighted by atomic mass is 16.6. The highest BCUT2D eigenvalue weighted by molar-refractivity contribution is 5.99. The van der Waals surface area contributed by atoms with E-state index in [-0.39, 0.29) is 13.0 Å². The summed E-state index contributed by atoms with van der Waals surface area (Å²) in [7, 11) is 1.56. The van der Waals surface area contributed by atoms with Gasteiger partial charge in [0.15, 0.2) is 0 Å². The van der Waals surface area contributed by atoms with Gasteiger partial charge in [-0.2, -0.15) is 0 Å². The van der Waals surface area contributed by atoms with Crippen molar-refractivity contribution >= 4 is 23.6 Å². The van der Waals surface area contributed by atoms with E-state index in [2.05, 4.69) is 16.6 Å². The van der Waals surface area contributed by atoms with Crippen LogP contribution in [-0.2, 0) is 20.7 Å². The highest BCUT2D eigenvalue weighted by Crippen LogP contribution is 2.28. The normalized spacial score (nSPS) is 12.3. The van der Waals surface area contributed by atoms with Gasteiger partial charge in [0, 0.05) is 24.2 Å². The van der Waals surface area contributed by atoms with E-state index in [4.69, 9.17) is 15.9 Å². The highest BCUT2D eigenvalue weighted by Gasteiger charge is 2.37. The molecule has 0 aliphatic heterocycles. The molecule has 0 saturated carbocycles. The third-order valence-electron chi connectivity index (χ3n) is 6.64. The Balaban J connectivity index is 2.08. The summed E-state index contributed by atoms with van der Waals surface area (Å²) in [5.74, 6) is 2.44. The van der Waals surface area contributed by atoms with Crippen LogP contribution in [0.2, 0.25) is 0 Å². The average molecular weight is 584 g/mol. The van der Waals surface area contributed by atoms with Gasteiger partial charge < -0.3 is 25.0 Å². The Labute approximate surface area is 254 Å². The molecule has 3 aromatic rings. The molecule has 8 heteroatoms. The van der Waals surface area contributed by atoms with Gasteiger partial charge in [-0.15, -0.1) is 6.42 Å². The van der Waals surface area contributed by atoms with E-state index < -0.39 is 35.6 Å². The molecule has 0 aromatic heterocycles. The summed E-state index contributed by atoms with van der Waals surface area (Å²) in [6.07, 6.45) is 6.74. The second-order valence-electron chi connectivity index (χ2n) is 11.1. The minimum Gasteiger partial charge on any atom is -0.497 e. The van der Waals surface area contributed by atoms with E-state index in [9.17, 15) is 14.4 Å². The lowest BCUT2D eigenvalue weighted by atomic mass is 9.96. The Morgan fingerprint density at radius 1 is 0.953 bits per heavy atom. The molecule has 8 nitrogen and oxygen atoms in total. The summed E-state index contributed by atoms with van der Waals surface area (Å²) in [5, 5.41) is 5.72. The summed E-state index contributed by atoms with van der Waals surface area (Å²) in [6.45, 7) is 7.53. The first-order chi connectivity index (χ1) is 20.6. The Hall–Kier alpha value is -4.77. The van der Waals surface area contributed by atoms with Gasteiger partial charge in [0.2, 0.25) is 5.91 Å². The number of terminal acetylenes is 1. The first-order valence-corrected chi connectivity index (χ1v) is 14.4. The summed E-state index contributed by atoms with van der Waals surface area (Å²) < 4.78 is 10.7. The van der Waals surface area contributed by atoms with Crippen LogP contribution in [0, 0.1) is 12.3 Å². The zero-order valence-electron chi connectivity index (χ0n) is 25.6. The minimum atomic E-state index is -1.08. The standard InChI is InChI=1S/C35H41N3O5/c1-7-9-23-38(33(40)30(24-25-15-11-10-12-16-25)37-34(41)43-35(3,4)5)31(29-18-14-13-17-26(29)8-2)32(39)36-27-19-21-28(42-6)22-20-27/h2,10-22,30-31H,7,9,23-24H2,1,3-6H3,(H,36,39)(H,37,41). The summed E-state index contributed by atoms with van der Waals surface area (Å²) >= 11 is 0. The van der Waals surface area contributed by atoms with E-state index in [1.54, 1.807) is 76.4 Å². The number of hydrogen-bond donors (Lipinski definition) is 2. The molecule has 3 amide bonds. The molecule has 0 heterocycles. The van der Waals surface area contributed by atoms with Crippen molar-refractivity contribution in [3.63, 3.8) is 0 Å². The Morgan fingerprint density at radius 3 is 2.21 bits per heavy atom. The predicted octanol–water partition coefficient (Wildman–Crippen LogP) is 6.12. The van der Waals surface area contributed by atoms with Crippen LogP contribution in [0.3, 0.4) is 0 Å². The van der Waals surface area contributed by atoms with E-state index in [0.717, 1.165) is 12.0 Å². The molecule has 43 heavy (non-hydrogen) atoms. The van der Waals surface area contributed by atoms with Crippen LogP contribution in [0.25, 0.3) is 0 Å². The predicted molar refractivity (Wildman–Crippen MR) is 169 cm³/mol. The molecule has 0 fully saturated rings. The van der Waals surface area contributed by atoms with Gasteiger partial charge in [0.1, 0.15) is 23.4 Å². The molecule has 226 valence electrons. The molecular weight excluding hydrogens is 542 g/mol. The maximum Gasteiger partial charge on any atom is 0.408 e. The second kappa shape index (κ2) is 15.5. The molecule has 0 aliphatic carbocycles.